The molecule has 0 radical (unpaired) electrons. The van der Waals surface area contributed by atoms with Crippen LogP contribution in [0.25, 0.3) is 0 Å². The van der Waals surface area contributed by atoms with Crippen LogP contribution in [0.3, 0.4) is 0 Å². The van der Waals surface area contributed by atoms with E-state index in [1.54, 1.807) is 31.3 Å². The summed E-state index contributed by atoms with van der Waals surface area (Å²) in [4.78, 5) is 0.379. The zero-order chi connectivity index (χ0) is 12.2. The third-order valence-electron chi connectivity index (χ3n) is 2.49. The van der Waals surface area contributed by atoms with E-state index >= 15 is 0 Å². The molecular formula is C11H16BrNO2S. The monoisotopic (exact) mass is 305 g/mol. The van der Waals surface area contributed by atoms with Crippen molar-refractivity contribution in [2.75, 3.05) is 12.8 Å². The Bertz CT molecular complexity index is 424. The number of benzene rings is 1. The molecule has 0 saturated heterocycles. The zero-order valence-corrected chi connectivity index (χ0v) is 11.8. The fourth-order valence-electron chi connectivity index (χ4n) is 1.41. The quantitative estimate of drug-likeness (QED) is 0.907. The molecule has 1 atom stereocenters. The Morgan fingerprint density at radius 2 is 1.88 bits per heavy atom. The van der Waals surface area contributed by atoms with Gasteiger partial charge < -0.3 is 5.32 Å². The molecule has 0 saturated carbocycles. The van der Waals surface area contributed by atoms with E-state index in [1.807, 2.05) is 6.92 Å². The minimum atomic E-state index is -3.18. The normalized spacial score (nSPS) is 13.7. The van der Waals surface area contributed by atoms with Crippen LogP contribution in [0.4, 0.5) is 0 Å². The van der Waals surface area contributed by atoms with Gasteiger partial charge in [0.2, 0.25) is 0 Å². The topological polar surface area (TPSA) is 46.2 Å². The van der Waals surface area contributed by atoms with Gasteiger partial charge in [0.05, 0.1) is 10.6 Å². The summed E-state index contributed by atoms with van der Waals surface area (Å²) < 4.78 is 24.9. The number of hydrogen-bond donors (Lipinski definition) is 1. The van der Waals surface area contributed by atoms with Gasteiger partial charge in [-0.2, -0.15) is 0 Å². The van der Waals surface area contributed by atoms with Crippen LogP contribution in [-0.4, -0.2) is 27.3 Å². The van der Waals surface area contributed by atoms with Crippen LogP contribution >= 0.6 is 15.9 Å². The fraction of sp³-hybridized carbons (Fsp3) is 0.455. The second kappa shape index (κ2) is 5.80. The average molecular weight is 306 g/mol. The van der Waals surface area contributed by atoms with E-state index in [1.165, 1.54) is 0 Å². The van der Waals surface area contributed by atoms with Gasteiger partial charge in [0, 0.05) is 10.5 Å². The maximum absolute atomic E-state index is 12.0. The van der Waals surface area contributed by atoms with Crippen LogP contribution in [-0.2, 0) is 9.84 Å². The number of nitrogens with one attached hydrogen (secondary N) is 1. The fourth-order valence-corrected chi connectivity index (χ4v) is 3.35. The van der Waals surface area contributed by atoms with Crippen LogP contribution in [0.15, 0.2) is 33.6 Å². The predicted octanol–water partition coefficient (Wildman–Crippen LogP) is 2.22. The highest BCUT2D eigenvalue weighted by molar-refractivity contribution is 9.10. The van der Waals surface area contributed by atoms with Crippen molar-refractivity contribution >= 4 is 25.8 Å². The molecule has 0 bridgehead atoms. The highest BCUT2D eigenvalue weighted by Gasteiger charge is 2.18. The standard InChI is InChI=1S/C11H16BrNO2S/c1-3-10(13-2)8-16(14,15)11-6-4-9(12)5-7-11/h4-7,10,13H,3,8H2,1-2H3. The van der Waals surface area contributed by atoms with Crippen molar-refractivity contribution in [2.24, 2.45) is 0 Å². The Hall–Kier alpha value is -0.390. The SMILES string of the molecule is CCC(CS(=O)(=O)c1ccc(Br)cc1)NC. The molecule has 3 nitrogen and oxygen atoms in total. The van der Waals surface area contributed by atoms with E-state index < -0.39 is 9.84 Å². The highest BCUT2D eigenvalue weighted by Crippen LogP contribution is 2.16. The lowest BCUT2D eigenvalue weighted by Crippen LogP contribution is -2.32. The molecule has 0 aromatic heterocycles. The largest absolute Gasteiger partial charge is 0.316 e. The molecule has 0 aliphatic rings. The molecule has 1 rings (SSSR count). The van der Waals surface area contributed by atoms with Gasteiger partial charge in [-0.25, -0.2) is 8.42 Å². The number of rotatable bonds is 5. The van der Waals surface area contributed by atoms with Gasteiger partial charge in [-0.1, -0.05) is 22.9 Å². The molecule has 16 heavy (non-hydrogen) atoms. The van der Waals surface area contributed by atoms with Crippen molar-refractivity contribution in [2.45, 2.75) is 24.3 Å². The second-order valence-electron chi connectivity index (χ2n) is 3.63. The van der Waals surface area contributed by atoms with Crippen LogP contribution in [0.1, 0.15) is 13.3 Å². The summed E-state index contributed by atoms with van der Waals surface area (Å²) in [5.74, 6) is 0.141. The van der Waals surface area contributed by atoms with E-state index in [-0.39, 0.29) is 11.8 Å². The van der Waals surface area contributed by atoms with Gasteiger partial charge in [0.1, 0.15) is 0 Å². The average Bonchev–Trinajstić information content (AvgIpc) is 2.26. The molecule has 1 aromatic rings. The second-order valence-corrected chi connectivity index (χ2v) is 6.58. The molecular weight excluding hydrogens is 290 g/mol. The first-order chi connectivity index (χ1) is 7.49. The van der Waals surface area contributed by atoms with Crippen molar-refractivity contribution in [3.63, 3.8) is 0 Å². The molecule has 5 heteroatoms. The number of halogens is 1. The molecule has 1 aromatic carbocycles. The lowest BCUT2D eigenvalue weighted by molar-refractivity contribution is 0.556. The molecule has 0 fully saturated rings. The van der Waals surface area contributed by atoms with Crippen molar-refractivity contribution < 1.29 is 8.42 Å². The van der Waals surface area contributed by atoms with E-state index in [9.17, 15) is 8.42 Å². The van der Waals surface area contributed by atoms with Crippen LogP contribution in [0.2, 0.25) is 0 Å². The maximum atomic E-state index is 12.0. The zero-order valence-electron chi connectivity index (χ0n) is 9.40. The molecule has 0 aliphatic heterocycles. The lowest BCUT2D eigenvalue weighted by Gasteiger charge is -2.13. The lowest BCUT2D eigenvalue weighted by atomic mass is 10.3. The molecule has 0 heterocycles. The Morgan fingerprint density at radius 1 is 1.31 bits per heavy atom. The van der Waals surface area contributed by atoms with Gasteiger partial charge in [-0.15, -0.1) is 0 Å². The molecule has 0 amide bonds. The first kappa shape index (κ1) is 13.7. The first-order valence-electron chi connectivity index (χ1n) is 5.15. The summed E-state index contributed by atoms with van der Waals surface area (Å²) in [6, 6.07) is 6.75. The van der Waals surface area contributed by atoms with Crippen LogP contribution < -0.4 is 5.32 Å². The predicted molar refractivity (Wildman–Crippen MR) is 69.3 cm³/mol. The third kappa shape index (κ3) is 3.57. The summed E-state index contributed by atoms with van der Waals surface area (Å²) >= 11 is 3.28. The van der Waals surface area contributed by atoms with Gasteiger partial charge in [0.25, 0.3) is 0 Å². The molecule has 90 valence electrons. The summed E-state index contributed by atoms with van der Waals surface area (Å²) in [5.41, 5.74) is 0. The highest BCUT2D eigenvalue weighted by atomic mass is 79.9. The van der Waals surface area contributed by atoms with E-state index in [0.717, 1.165) is 10.9 Å². The first-order valence-corrected chi connectivity index (χ1v) is 7.59. The third-order valence-corrected chi connectivity index (χ3v) is 4.85. The van der Waals surface area contributed by atoms with Crippen molar-refractivity contribution in [1.29, 1.82) is 0 Å². The molecule has 0 aliphatic carbocycles. The summed E-state index contributed by atoms with van der Waals surface area (Å²) in [5, 5.41) is 3.00. The minimum absolute atomic E-state index is 0.00801. The van der Waals surface area contributed by atoms with Gasteiger partial charge in [-0.05, 0) is 37.7 Å². The smallest absolute Gasteiger partial charge is 0.179 e. The van der Waals surface area contributed by atoms with Crippen LogP contribution in [0.5, 0.6) is 0 Å². The van der Waals surface area contributed by atoms with Gasteiger partial charge >= 0.3 is 0 Å². The maximum Gasteiger partial charge on any atom is 0.179 e. The van der Waals surface area contributed by atoms with Crippen molar-refractivity contribution in [3.05, 3.63) is 28.7 Å². The minimum Gasteiger partial charge on any atom is -0.316 e. The van der Waals surface area contributed by atoms with E-state index in [2.05, 4.69) is 21.2 Å². The summed E-state index contributed by atoms with van der Waals surface area (Å²) in [6.45, 7) is 1.97. The number of sulfone groups is 1. The van der Waals surface area contributed by atoms with Crippen molar-refractivity contribution in [3.8, 4) is 0 Å². The Morgan fingerprint density at radius 3 is 2.31 bits per heavy atom. The summed E-state index contributed by atoms with van der Waals surface area (Å²) in [6.07, 6.45) is 0.798. The molecule has 1 N–H and O–H groups in total. The van der Waals surface area contributed by atoms with E-state index in [4.69, 9.17) is 0 Å². The molecule has 0 spiro atoms. The summed E-state index contributed by atoms with van der Waals surface area (Å²) in [7, 11) is -1.40. The molecule has 1 unspecified atom stereocenters. The Kier molecular flexibility index (Phi) is 4.95. The van der Waals surface area contributed by atoms with Crippen LogP contribution in [0, 0.1) is 0 Å². The van der Waals surface area contributed by atoms with Gasteiger partial charge in [-0.3, -0.25) is 0 Å². The Balaban J connectivity index is 2.89. The Labute approximate surface area is 105 Å². The van der Waals surface area contributed by atoms with E-state index in [0.29, 0.717) is 4.90 Å². The van der Waals surface area contributed by atoms with Crippen molar-refractivity contribution in [1.82, 2.24) is 5.32 Å². The van der Waals surface area contributed by atoms with Gasteiger partial charge in [0.15, 0.2) is 9.84 Å². The number of hydrogen-bond acceptors (Lipinski definition) is 3.